The molecule has 1 aliphatic heterocycles. The lowest BCUT2D eigenvalue weighted by Gasteiger charge is -2.18. The third-order valence-corrected chi connectivity index (χ3v) is 4.62. The van der Waals surface area contributed by atoms with Crippen LogP contribution in [-0.4, -0.2) is 29.6 Å². The Hall–Kier alpha value is -3.15. The summed E-state index contributed by atoms with van der Waals surface area (Å²) in [6, 6.07) is 18.0. The Labute approximate surface area is 157 Å². The van der Waals surface area contributed by atoms with Crippen molar-refractivity contribution in [2.75, 3.05) is 29.9 Å². The van der Waals surface area contributed by atoms with Crippen LogP contribution in [0.25, 0.3) is 0 Å². The second-order valence-electron chi connectivity index (χ2n) is 6.59. The number of rotatable bonds is 6. The predicted molar refractivity (Wildman–Crippen MR) is 104 cm³/mol. The average Bonchev–Trinajstić information content (AvgIpc) is 3.18. The molecule has 0 aliphatic carbocycles. The SMILES string of the molecule is Fc1ccc(Oc2ccnc(NCC3CCN(c4ccccc4)C3)n2)cc1. The first-order valence-electron chi connectivity index (χ1n) is 9.06. The molecule has 1 aromatic heterocycles. The van der Waals surface area contributed by atoms with Gasteiger partial charge in [-0.15, -0.1) is 0 Å². The summed E-state index contributed by atoms with van der Waals surface area (Å²) in [6.45, 7) is 2.89. The molecule has 1 N–H and O–H groups in total. The van der Waals surface area contributed by atoms with Crippen LogP contribution in [0.1, 0.15) is 6.42 Å². The molecule has 27 heavy (non-hydrogen) atoms. The van der Waals surface area contributed by atoms with Gasteiger partial charge in [0.2, 0.25) is 11.8 Å². The van der Waals surface area contributed by atoms with Crippen molar-refractivity contribution < 1.29 is 9.13 Å². The topological polar surface area (TPSA) is 50.3 Å². The number of nitrogens with zero attached hydrogens (tertiary/aromatic N) is 3. The molecule has 0 bridgehead atoms. The maximum absolute atomic E-state index is 13.0. The fourth-order valence-electron chi connectivity index (χ4n) is 3.22. The normalized spacial score (nSPS) is 16.3. The zero-order valence-corrected chi connectivity index (χ0v) is 14.9. The van der Waals surface area contributed by atoms with E-state index in [9.17, 15) is 4.39 Å². The highest BCUT2D eigenvalue weighted by Gasteiger charge is 2.22. The fraction of sp³-hybridized carbons (Fsp3) is 0.238. The molecular weight excluding hydrogens is 343 g/mol. The van der Waals surface area contributed by atoms with Crippen molar-refractivity contribution in [1.82, 2.24) is 9.97 Å². The zero-order chi connectivity index (χ0) is 18.5. The highest BCUT2D eigenvalue weighted by atomic mass is 19.1. The first-order chi connectivity index (χ1) is 13.3. The lowest BCUT2D eigenvalue weighted by Crippen LogP contribution is -2.22. The largest absolute Gasteiger partial charge is 0.439 e. The molecular formula is C21H21FN4O. The van der Waals surface area contributed by atoms with Gasteiger partial charge in [-0.3, -0.25) is 0 Å². The molecule has 1 aliphatic rings. The smallest absolute Gasteiger partial charge is 0.225 e. The molecule has 1 saturated heterocycles. The van der Waals surface area contributed by atoms with Crippen LogP contribution in [0, 0.1) is 11.7 Å². The van der Waals surface area contributed by atoms with Gasteiger partial charge in [0.25, 0.3) is 0 Å². The Morgan fingerprint density at radius 3 is 2.70 bits per heavy atom. The van der Waals surface area contributed by atoms with E-state index in [0.29, 0.717) is 23.5 Å². The summed E-state index contributed by atoms with van der Waals surface area (Å²) in [5, 5.41) is 3.31. The summed E-state index contributed by atoms with van der Waals surface area (Å²) < 4.78 is 18.6. The summed E-state index contributed by atoms with van der Waals surface area (Å²) in [7, 11) is 0. The van der Waals surface area contributed by atoms with Crippen molar-refractivity contribution in [3.63, 3.8) is 0 Å². The third-order valence-electron chi connectivity index (χ3n) is 4.62. The number of ether oxygens (including phenoxy) is 1. The van der Waals surface area contributed by atoms with Gasteiger partial charge in [-0.05, 0) is 48.7 Å². The maximum atomic E-state index is 13.0. The number of para-hydroxylation sites is 1. The van der Waals surface area contributed by atoms with Gasteiger partial charge in [-0.25, -0.2) is 9.37 Å². The first kappa shape index (κ1) is 17.3. The van der Waals surface area contributed by atoms with E-state index in [1.807, 2.05) is 6.07 Å². The molecule has 0 saturated carbocycles. The first-order valence-corrected chi connectivity index (χ1v) is 9.06. The number of hydrogen-bond donors (Lipinski definition) is 1. The Bertz CT molecular complexity index is 873. The van der Waals surface area contributed by atoms with Crippen molar-refractivity contribution in [2.24, 2.45) is 5.92 Å². The predicted octanol–water partition coefficient (Wildman–Crippen LogP) is 4.35. The minimum atomic E-state index is -0.298. The Morgan fingerprint density at radius 2 is 1.89 bits per heavy atom. The van der Waals surface area contributed by atoms with Gasteiger partial charge in [0.1, 0.15) is 11.6 Å². The highest BCUT2D eigenvalue weighted by Crippen LogP contribution is 2.24. The van der Waals surface area contributed by atoms with Gasteiger partial charge in [-0.2, -0.15) is 4.98 Å². The van der Waals surface area contributed by atoms with Crippen LogP contribution in [0.5, 0.6) is 11.6 Å². The molecule has 3 aromatic rings. The van der Waals surface area contributed by atoms with E-state index in [2.05, 4.69) is 44.5 Å². The van der Waals surface area contributed by atoms with Crippen LogP contribution in [0.15, 0.2) is 66.9 Å². The highest BCUT2D eigenvalue weighted by molar-refractivity contribution is 5.47. The molecule has 4 rings (SSSR count). The summed E-state index contributed by atoms with van der Waals surface area (Å²) in [4.78, 5) is 11.0. The zero-order valence-electron chi connectivity index (χ0n) is 14.9. The second kappa shape index (κ2) is 8.03. The van der Waals surface area contributed by atoms with E-state index >= 15 is 0 Å². The van der Waals surface area contributed by atoms with E-state index in [-0.39, 0.29) is 5.82 Å². The van der Waals surface area contributed by atoms with Crippen LogP contribution in [-0.2, 0) is 0 Å². The van der Waals surface area contributed by atoms with Gasteiger partial charge < -0.3 is 15.0 Å². The van der Waals surface area contributed by atoms with Crippen LogP contribution in [0.2, 0.25) is 0 Å². The van der Waals surface area contributed by atoms with Crippen LogP contribution < -0.4 is 15.0 Å². The number of anilines is 2. The van der Waals surface area contributed by atoms with E-state index < -0.39 is 0 Å². The molecule has 138 valence electrons. The molecule has 1 fully saturated rings. The van der Waals surface area contributed by atoms with Crippen molar-refractivity contribution in [3.05, 3.63) is 72.7 Å². The molecule has 0 spiro atoms. The fourth-order valence-corrected chi connectivity index (χ4v) is 3.22. The second-order valence-corrected chi connectivity index (χ2v) is 6.59. The molecule has 6 heteroatoms. The van der Waals surface area contributed by atoms with E-state index in [1.54, 1.807) is 24.4 Å². The third kappa shape index (κ3) is 4.53. The monoisotopic (exact) mass is 364 g/mol. The summed E-state index contributed by atoms with van der Waals surface area (Å²) in [5.74, 6) is 1.74. The standard InChI is InChI=1S/C21H21FN4O/c22-17-6-8-19(9-7-17)27-20-10-12-23-21(25-20)24-14-16-11-13-26(15-16)18-4-2-1-3-5-18/h1-10,12,16H,11,13-15H2,(H,23,24,25). The van der Waals surface area contributed by atoms with Gasteiger partial charge >= 0.3 is 0 Å². The molecule has 0 amide bonds. The van der Waals surface area contributed by atoms with Gasteiger partial charge in [-0.1, -0.05) is 18.2 Å². The summed E-state index contributed by atoms with van der Waals surface area (Å²) >= 11 is 0. The van der Waals surface area contributed by atoms with Crippen molar-refractivity contribution in [1.29, 1.82) is 0 Å². The molecule has 5 nitrogen and oxygen atoms in total. The van der Waals surface area contributed by atoms with Crippen LogP contribution in [0.4, 0.5) is 16.0 Å². The Kier molecular flexibility index (Phi) is 5.14. The lowest BCUT2D eigenvalue weighted by atomic mass is 10.1. The van der Waals surface area contributed by atoms with Crippen molar-refractivity contribution in [3.8, 4) is 11.6 Å². The molecule has 1 atom stereocenters. The molecule has 1 unspecified atom stereocenters. The quantitative estimate of drug-likeness (QED) is 0.705. The van der Waals surface area contributed by atoms with Crippen molar-refractivity contribution in [2.45, 2.75) is 6.42 Å². The van der Waals surface area contributed by atoms with E-state index in [0.717, 1.165) is 26.1 Å². The minimum Gasteiger partial charge on any atom is -0.439 e. The number of benzene rings is 2. The number of nitrogens with one attached hydrogen (secondary N) is 1. The average molecular weight is 364 g/mol. The maximum Gasteiger partial charge on any atom is 0.225 e. The Balaban J connectivity index is 1.32. The Morgan fingerprint density at radius 1 is 1.07 bits per heavy atom. The number of aromatic nitrogens is 2. The lowest BCUT2D eigenvalue weighted by molar-refractivity contribution is 0.460. The summed E-state index contributed by atoms with van der Waals surface area (Å²) in [6.07, 6.45) is 2.78. The molecule has 2 heterocycles. The number of hydrogen-bond acceptors (Lipinski definition) is 5. The van der Waals surface area contributed by atoms with E-state index in [1.165, 1.54) is 17.8 Å². The van der Waals surface area contributed by atoms with Crippen molar-refractivity contribution >= 4 is 11.6 Å². The molecule has 2 aromatic carbocycles. The van der Waals surface area contributed by atoms with Gasteiger partial charge in [0.05, 0.1) is 0 Å². The minimum absolute atomic E-state index is 0.298. The van der Waals surface area contributed by atoms with Crippen LogP contribution >= 0.6 is 0 Å². The summed E-state index contributed by atoms with van der Waals surface area (Å²) in [5.41, 5.74) is 1.27. The number of halogens is 1. The van der Waals surface area contributed by atoms with Crippen LogP contribution in [0.3, 0.4) is 0 Å². The van der Waals surface area contributed by atoms with Gasteiger partial charge in [0.15, 0.2) is 0 Å². The molecule has 0 radical (unpaired) electrons. The van der Waals surface area contributed by atoms with Gasteiger partial charge in [0, 0.05) is 37.6 Å². The van der Waals surface area contributed by atoms with E-state index in [4.69, 9.17) is 4.74 Å².